The van der Waals surface area contributed by atoms with E-state index in [1.165, 1.54) is 10.7 Å². The zero-order valence-corrected chi connectivity index (χ0v) is 15.7. The van der Waals surface area contributed by atoms with Crippen molar-refractivity contribution in [3.63, 3.8) is 0 Å². The van der Waals surface area contributed by atoms with Gasteiger partial charge < -0.3 is 20.2 Å². The normalized spacial score (nSPS) is 11.9. The molecule has 2 heterocycles. The first kappa shape index (κ1) is 18.4. The summed E-state index contributed by atoms with van der Waals surface area (Å²) in [5, 5.41) is 19.0. The molecule has 29 heavy (non-hydrogen) atoms. The summed E-state index contributed by atoms with van der Waals surface area (Å²) in [5.74, 6) is 1.14. The molecule has 0 aliphatic heterocycles. The first-order valence-corrected chi connectivity index (χ1v) is 9.07. The Kier molecular flexibility index (Phi) is 5.07. The van der Waals surface area contributed by atoms with Crippen LogP contribution in [0.15, 0.2) is 72.9 Å². The predicted molar refractivity (Wildman–Crippen MR) is 109 cm³/mol. The van der Waals surface area contributed by atoms with Crippen LogP contribution in [-0.2, 0) is 6.42 Å². The summed E-state index contributed by atoms with van der Waals surface area (Å²) in [7, 11) is 1.64. The quantitative estimate of drug-likeness (QED) is 0.379. The van der Waals surface area contributed by atoms with Crippen molar-refractivity contribution < 1.29 is 9.66 Å². The molecule has 0 aliphatic carbocycles. The van der Waals surface area contributed by atoms with Gasteiger partial charge in [0.1, 0.15) is 11.9 Å². The molecule has 1 unspecified atom stereocenters. The number of methoxy groups -OCH3 is 1. The number of hydrogen-bond donors (Lipinski definition) is 1. The number of hydrogen-bond acceptors (Lipinski definition) is 6. The van der Waals surface area contributed by atoms with Crippen LogP contribution in [0.3, 0.4) is 0 Å². The highest BCUT2D eigenvalue weighted by molar-refractivity contribution is 5.49. The molecule has 0 spiro atoms. The highest BCUT2D eigenvalue weighted by Gasteiger charge is 2.18. The van der Waals surface area contributed by atoms with Gasteiger partial charge in [-0.15, -0.1) is 0 Å². The lowest BCUT2D eigenvalue weighted by molar-refractivity contribution is -0.391. The highest BCUT2D eigenvalue weighted by atomic mass is 16.6. The van der Waals surface area contributed by atoms with Crippen LogP contribution in [0.2, 0.25) is 0 Å². The standard InChI is InChI=1S/C21H19N5O3/c1-29-17-9-5-6-15(12-17)13-18(16-7-3-2-4-8-16)23-19-10-11-20-22-14-21(26(27)28)25(20)24-19/h2-12,14,18H,13H2,1H3,(H,23,24). The van der Waals surface area contributed by atoms with Gasteiger partial charge in [-0.2, -0.15) is 0 Å². The number of nitrogens with zero attached hydrogens (tertiary/aromatic N) is 4. The molecule has 4 rings (SSSR count). The summed E-state index contributed by atoms with van der Waals surface area (Å²) in [5.41, 5.74) is 2.60. The Balaban J connectivity index is 1.67. The van der Waals surface area contributed by atoms with Gasteiger partial charge in [0.05, 0.1) is 13.2 Å². The second-order valence-corrected chi connectivity index (χ2v) is 6.53. The van der Waals surface area contributed by atoms with Gasteiger partial charge in [-0.3, -0.25) is 0 Å². The molecule has 4 aromatic rings. The van der Waals surface area contributed by atoms with Crippen LogP contribution >= 0.6 is 0 Å². The van der Waals surface area contributed by atoms with Crippen molar-refractivity contribution in [1.82, 2.24) is 14.6 Å². The second kappa shape index (κ2) is 7.97. The average Bonchev–Trinajstić information content (AvgIpc) is 3.18. The molecular formula is C21H19N5O3. The fourth-order valence-electron chi connectivity index (χ4n) is 3.21. The van der Waals surface area contributed by atoms with Gasteiger partial charge in [0.2, 0.25) is 5.65 Å². The molecule has 146 valence electrons. The van der Waals surface area contributed by atoms with Crippen molar-refractivity contribution in [1.29, 1.82) is 0 Å². The van der Waals surface area contributed by atoms with Gasteiger partial charge in [0, 0.05) is 6.07 Å². The molecule has 1 N–H and O–H groups in total. The smallest absolute Gasteiger partial charge is 0.368 e. The number of benzene rings is 2. The van der Waals surface area contributed by atoms with E-state index in [9.17, 15) is 10.1 Å². The summed E-state index contributed by atoms with van der Waals surface area (Å²) in [4.78, 5) is 14.7. The topological polar surface area (TPSA) is 94.6 Å². The van der Waals surface area contributed by atoms with Gasteiger partial charge >= 0.3 is 5.82 Å². The zero-order chi connectivity index (χ0) is 20.2. The number of nitro groups is 1. The fourth-order valence-corrected chi connectivity index (χ4v) is 3.21. The number of fused-ring (bicyclic) bond motifs is 1. The summed E-state index contributed by atoms with van der Waals surface area (Å²) in [6.07, 6.45) is 1.89. The van der Waals surface area contributed by atoms with Crippen LogP contribution in [-0.4, -0.2) is 26.6 Å². The molecule has 0 radical (unpaired) electrons. The van der Waals surface area contributed by atoms with Crippen molar-refractivity contribution in [2.24, 2.45) is 0 Å². The van der Waals surface area contributed by atoms with Crippen molar-refractivity contribution >= 4 is 17.3 Å². The van der Waals surface area contributed by atoms with Crippen molar-refractivity contribution in [2.75, 3.05) is 12.4 Å². The van der Waals surface area contributed by atoms with Crippen LogP contribution < -0.4 is 10.1 Å². The summed E-state index contributed by atoms with van der Waals surface area (Å²) >= 11 is 0. The molecule has 2 aromatic heterocycles. The molecule has 0 fully saturated rings. The number of anilines is 1. The summed E-state index contributed by atoms with van der Waals surface area (Å²) in [6.45, 7) is 0. The third-order valence-electron chi connectivity index (χ3n) is 4.63. The molecule has 2 aromatic carbocycles. The van der Waals surface area contributed by atoms with Crippen molar-refractivity contribution in [3.05, 3.63) is 94.2 Å². The molecule has 0 saturated heterocycles. The number of ether oxygens (including phenoxy) is 1. The van der Waals surface area contributed by atoms with E-state index < -0.39 is 4.92 Å². The first-order valence-electron chi connectivity index (χ1n) is 9.07. The maximum absolute atomic E-state index is 11.2. The fraction of sp³-hybridized carbons (Fsp3) is 0.143. The van der Waals surface area contributed by atoms with E-state index in [2.05, 4.69) is 15.4 Å². The van der Waals surface area contributed by atoms with E-state index in [1.807, 2.05) is 54.6 Å². The largest absolute Gasteiger partial charge is 0.497 e. The van der Waals surface area contributed by atoms with E-state index in [0.29, 0.717) is 17.9 Å². The van der Waals surface area contributed by atoms with E-state index in [-0.39, 0.29) is 11.9 Å². The van der Waals surface area contributed by atoms with E-state index >= 15 is 0 Å². The Morgan fingerprint density at radius 2 is 1.97 bits per heavy atom. The van der Waals surface area contributed by atoms with Crippen LogP contribution in [0.25, 0.3) is 5.65 Å². The minimum absolute atomic E-state index is 0.0872. The molecule has 0 amide bonds. The molecular weight excluding hydrogens is 370 g/mol. The molecule has 8 nitrogen and oxygen atoms in total. The van der Waals surface area contributed by atoms with Gasteiger partial charge in [-0.25, -0.2) is 4.98 Å². The Morgan fingerprint density at radius 1 is 1.14 bits per heavy atom. The molecule has 0 aliphatic rings. The molecule has 0 bridgehead atoms. The predicted octanol–water partition coefficient (Wildman–Crippen LogP) is 4.04. The number of nitrogens with one attached hydrogen (secondary N) is 1. The highest BCUT2D eigenvalue weighted by Crippen LogP contribution is 2.25. The molecule has 1 atom stereocenters. The summed E-state index contributed by atoms with van der Waals surface area (Å²) < 4.78 is 6.56. The van der Waals surface area contributed by atoms with Crippen LogP contribution in [0, 0.1) is 10.1 Å². The third kappa shape index (κ3) is 4.01. The second-order valence-electron chi connectivity index (χ2n) is 6.53. The van der Waals surface area contributed by atoms with E-state index in [0.717, 1.165) is 16.9 Å². The van der Waals surface area contributed by atoms with Gasteiger partial charge in [-0.05, 0) is 40.7 Å². The first-order chi connectivity index (χ1) is 14.1. The van der Waals surface area contributed by atoms with Crippen molar-refractivity contribution in [2.45, 2.75) is 12.5 Å². The lowest BCUT2D eigenvalue weighted by Crippen LogP contribution is -2.15. The number of rotatable bonds is 7. The lowest BCUT2D eigenvalue weighted by atomic mass is 9.98. The van der Waals surface area contributed by atoms with Crippen molar-refractivity contribution in [3.8, 4) is 5.75 Å². The maximum Gasteiger partial charge on any atom is 0.368 e. The Labute approximate surface area is 166 Å². The minimum Gasteiger partial charge on any atom is -0.497 e. The number of aromatic nitrogens is 3. The average molecular weight is 389 g/mol. The lowest BCUT2D eigenvalue weighted by Gasteiger charge is -2.20. The zero-order valence-electron chi connectivity index (χ0n) is 15.7. The Morgan fingerprint density at radius 3 is 2.72 bits per heavy atom. The monoisotopic (exact) mass is 389 g/mol. The summed E-state index contributed by atoms with van der Waals surface area (Å²) in [6, 6.07) is 21.3. The molecule has 0 saturated carbocycles. The minimum atomic E-state index is -0.498. The van der Waals surface area contributed by atoms with Crippen LogP contribution in [0.5, 0.6) is 5.75 Å². The Hall–Kier alpha value is -3.94. The van der Waals surface area contributed by atoms with Crippen LogP contribution in [0.1, 0.15) is 17.2 Å². The van der Waals surface area contributed by atoms with Gasteiger partial charge in [-0.1, -0.05) is 52.1 Å². The van der Waals surface area contributed by atoms with Gasteiger partial charge in [0.25, 0.3) is 0 Å². The van der Waals surface area contributed by atoms with E-state index in [4.69, 9.17) is 4.74 Å². The van der Waals surface area contributed by atoms with Gasteiger partial charge in [0.15, 0.2) is 5.82 Å². The molecule has 8 heteroatoms. The Bertz CT molecular complexity index is 1140. The maximum atomic E-state index is 11.2. The van der Waals surface area contributed by atoms with Crippen LogP contribution in [0.4, 0.5) is 11.6 Å². The number of imidazole rings is 1. The van der Waals surface area contributed by atoms with E-state index in [1.54, 1.807) is 19.2 Å². The SMILES string of the molecule is COc1cccc(CC(Nc2ccc3ncc([N+](=O)[O-])n3n2)c2ccccc2)c1. The third-order valence-corrected chi connectivity index (χ3v) is 4.63.